The van der Waals surface area contributed by atoms with Crippen molar-refractivity contribution in [3.05, 3.63) is 143 Å². The zero-order chi connectivity index (χ0) is 30.6. The van der Waals surface area contributed by atoms with Crippen molar-refractivity contribution in [3.63, 3.8) is 0 Å². The van der Waals surface area contributed by atoms with Crippen LogP contribution in [0.3, 0.4) is 0 Å². The van der Waals surface area contributed by atoms with Crippen molar-refractivity contribution < 1.29 is 19.2 Å². The number of carbonyl (C=O) groups excluding carboxylic acids is 4. The summed E-state index contributed by atoms with van der Waals surface area (Å²) in [4.78, 5) is 46.8. The molecule has 0 fully saturated rings. The monoisotopic (exact) mass is 596 g/mol. The van der Waals surface area contributed by atoms with Gasteiger partial charge in [-0.15, -0.1) is 0 Å². The molecule has 0 unspecified atom stereocenters. The van der Waals surface area contributed by atoms with Crippen LogP contribution in [0.25, 0.3) is 0 Å². The lowest BCUT2D eigenvalue weighted by molar-refractivity contribution is -0.120. The van der Waals surface area contributed by atoms with Crippen molar-refractivity contribution in [2.45, 2.75) is 25.0 Å². The van der Waals surface area contributed by atoms with Crippen LogP contribution < -0.4 is 16.4 Å². The smallest absolute Gasteiger partial charge is 0.255 e. The Balaban J connectivity index is 0.000000163. The predicted molar refractivity (Wildman–Crippen MR) is 166 cm³/mol. The SMILES string of the molecule is NC(=O)[C@@H]1NCCc2ccccc21.O=C(Cl)c1ccccc1.O=CN[C@H]1c2ccccc2CCN1C(=O)c1ccccc1. The van der Waals surface area contributed by atoms with Crippen LogP contribution in [0, 0.1) is 0 Å². The Morgan fingerprint density at radius 3 is 1.86 bits per heavy atom. The Bertz CT molecular complexity index is 1550. The first kappa shape index (κ1) is 31.2. The van der Waals surface area contributed by atoms with E-state index >= 15 is 0 Å². The Kier molecular flexibility index (Phi) is 11.2. The zero-order valence-corrected chi connectivity index (χ0v) is 24.2. The second-order valence-corrected chi connectivity index (χ2v) is 10.2. The van der Waals surface area contributed by atoms with Crippen molar-refractivity contribution in [2.24, 2.45) is 5.73 Å². The number of rotatable bonds is 5. The van der Waals surface area contributed by atoms with E-state index in [0.717, 1.165) is 30.5 Å². The van der Waals surface area contributed by atoms with E-state index in [-0.39, 0.29) is 17.9 Å². The summed E-state index contributed by atoms with van der Waals surface area (Å²) in [5, 5.41) is 5.46. The molecule has 2 heterocycles. The summed E-state index contributed by atoms with van der Waals surface area (Å²) < 4.78 is 0. The number of hydrogen-bond donors (Lipinski definition) is 3. The summed E-state index contributed by atoms with van der Waals surface area (Å²) in [6.07, 6.45) is 2.02. The first-order valence-electron chi connectivity index (χ1n) is 13.9. The van der Waals surface area contributed by atoms with Crippen LogP contribution in [0.4, 0.5) is 0 Å². The van der Waals surface area contributed by atoms with Crippen LogP contribution >= 0.6 is 11.6 Å². The minimum atomic E-state index is -0.407. The average molecular weight is 597 g/mol. The molecule has 2 aliphatic heterocycles. The topological polar surface area (TPSA) is 122 Å². The highest BCUT2D eigenvalue weighted by Crippen LogP contribution is 2.28. The van der Waals surface area contributed by atoms with Gasteiger partial charge in [0.2, 0.25) is 12.3 Å². The molecule has 9 heteroatoms. The van der Waals surface area contributed by atoms with E-state index in [4.69, 9.17) is 17.3 Å². The number of nitrogens with zero attached hydrogens (tertiary/aromatic N) is 1. The molecule has 4 aromatic carbocycles. The van der Waals surface area contributed by atoms with Crippen LogP contribution in [0.2, 0.25) is 0 Å². The lowest BCUT2D eigenvalue weighted by atomic mass is 9.94. The number of halogens is 1. The van der Waals surface area contributed by atoms with Gasteiger partial charge in [0.05, 0.1) is 0 Å². The summed E-state index contributed by atoms with van der Waals surface area (Å²) in [5.41, 5.74) is 10.9. The van der Waals surface area contributed by atoms with Gasteiger partial charge in [0, 0.05) is 24.2 Å². The van der Waals surface area contributed by atoms with E-state index in [0.29, 0.717) is 24.1 Å². The fraction of sp³-hybridized carbons (Fsp3) is 0.176. The third-order valence-electron chi connectivity index (χ3n) is 7.19. The summed E-state index contributed by atoms with van der Waals surface area (Å²) in [6.45, 7) is 1.42. The van der Waals surface area contributed by atoms with Gasteiger partial charge in [-0.3, -0.25) is 19.2 Å². The highest BCUT2D eigenvalue weighted by molar-refractivity contribution is 6.67. The lowest BCUT2D eigenvalue weighted by Crippen LogP contribution is -2.46. The van der Waals surface area contributed by atoms with Crippen molar-refractivity contribution in [3.8, 4) is 0 Å². The Morgan fingerprint density at radius 1 is 0.767 bits per heavy atom. The lowest BCUT2D eigenvalue weighted by Gasteiger charge is -2.36. The number of carbonyl (C=O) groups is 4. The normalized spacial score (nSPS) is 16.4. The van der Waals surface area contributed by atoms with Gasteiger partial charge in [-0.05, 0) is 58.8 Å². The molecule has 6 rings (SSSR count). The van der Waals surface area contributed by atoms with Gasteiger partial charge < -0.3 is 21.3 Å². The molecule has 8 nitrogen and oxygen atoms in total. The molecule has 3 amide bonds. The fourth-order valence-corrected chi connectivity index (χ4v) is 5.23. The maximum atomic E-state index is 12.7. The molecule has 2 aliphatic rings. The first-order chi connectivity index (χ1) is 20.9. The standard InChI is InChI=1S/C17H16N2O2.C10H12N2O.C7H5ClO/c20-12-18-16-15-9-5-4-6-13(15)10-11-19(16)17(21)14-7-2-1-3-8-14;11-10(13)9-8-4-2-1-3-7(8)5-6-12-9;8-7(9)6-4-2-1-3-5-6/h1-9,12,16H,10-11H2,(H,18,20);1-4,9,12H,5-6H2,(H2,11,13);1-5H/t16-;9-;/m11./s1. The molecule has 0 saturated carbocycles. The number of primary amides is 1. The van der Waals surface area contributed by atoms with E-state index in [1.807, 2.05) is 72.8 Å². The molecule has 43 heavy (non-hydrogen) atoms. The van der Waals surface area contributed by atoms with Crippen LogP contribution in [-0.4, -0.2) is 41.5 Å². The maximum Gasteiger partial charge on any atom is 0.255 e. The van der Waals surface area contributed by atoms with E-state index in [1.165, 1.54) is 11.1 Å². The number of fused-ring (bicyclic) bond motifs is 2. The van der Waals surface area contributed by atoms with Gasteiger partial charge >= 0.3 is 0 Å². The molecular weight excluding hydrogens is 564 g/mol. The summed E-state index contributed by atoms with van der Waals surface area (Å²) in [7, 11) is 0. The van der Waals surface area contributed by atoms with Crippen LogP contribution in [0.1, 0.15) is 55.2 Å². The van der Waals surface area contributed by atoms with Crippen molar-refractivity contribution in [1.82, 2.24) is 15.5 Å². The van der Waals surface area contributed by atoms with Crippen LogP contribution in [0.5, 0.6) is 0 Å². The molecule has 220 valence electrons. The van der Waals surface area contributed by atoms with Gasteiger partial charge in [-0.2, -0.15) is 0 Å². The number of hydrogen-bond acceptors (Lipinski definition) is 5. The number of amides is 3. The molecule has 0 bridgehead atoms. The van der Waals surface area contributed by atoms with Crippen LogP contribution in [-0.2, 0) is 22.4 Å². The second kappa shape index (κ2) is 15.4. The van der Waals surface area contributed by atoms with Crippen molar-refractivity contribution in [1.29, 1.82) is 0 Å². The molecule has 2 atom stereocenters. The van der Waals surface area contributed by atoms with Gasteiger partial charge in [-0.25, -0.2) is 0 Å². The van der Waals surface area contributed by atoms with E-state index in [1.54, 1.807) is 41.3 Å². The number of benzene rings is 4. The first-order valence-corrected chi connectivity index (χ1v) is 14.3. The second-order valence-electron chi connectivity index (χ2n) is 9.88. The average Bonchev–Trinajstić information content (AvgIpc) is 3.06. The summed E-state index contributed by atoms with van der Waals surface area (Å²) >= 11 is 5.16. The molecule has 0 radical (unpaired) electrons. The number of nitrogens with one attached hydrogen (secondary N) is 2. The Hall–Kier alpha value is -4.79. The summed E-state index contributed by atoms with van der Waals surface area (Å²) in [6, 6.07) is 33.4. The maximum absolute atomic E-state index is 12.7. The van der Waals surface area contributed by atoms with E-state index in [2.05, 4.69) is 10.6 Å². The molecule has 4 N–H and O–H groups in total. The Labute approximate surface area is 255 Å². The molecule has 0 spiro atoms. The number of nitrogens with two attached hydrogens (primary N) is 1. The van der Waals surface area contributed by atoms with E-state index in [9.17, 15) is 19.2 Å². The van der Waals surface area contributed by atoms with Gasteiger partial charge in [-0.1, -0.05) is 97.1 Å². The minimum absolute atomic E-state index is 0.0653. The minimum Gasteiger partial charge on any atom is -0.368 e. The fourth-order valence-electron chi connectivity index (χ4n) is 5.10. The highest BCUT2D eigenvalue weighted by atomic mass is 35.5. The molecule has 0 aromatic heterocycles. The molecule has 4 aromatic rings. The van der Waals surface area contributed by atoms with Crippen molar-refractivity contribution >= 4 is 35.1 Å². The predicted octanol–water partition coefficient (Wildman–Crippen LogP) is 4.55. The quantitative estimate of drug-likeness (QED) is 0.230. The Morgan fingerprint density at radius 2 is 1.30 bits per heavy atom. The highest BCUT2D eigenvalue weighted by Gasteiger charge is 2.30. The van der Waals surface area contributed by atoms with Crippen LogP contribution in [0.15, 0.2) is 109 Å². The van der Waals surface area contributed by atoms with Crippen molar-refractivity contribution in [2.75, 3.05) is 13.1 Å². The largest absolute Gasteiger partial charge is 0.368 e. The van der Waals surface area contributed by atoms with Gasteiger partial charge in [0.15, 0.2) is 0 Å². The van der Waals surface area contributed by atoms with E-state index < -0.39 is 11.4 Å². The van der Waals surface area contributed by atoms with Gasteiger partial charge in [0.1, 0.15) is 12.2 Å². The third kappa shape index (κ3) is 8.16. The molecule has 0 saturated heterocycles. The zero-order valence-electron chi connectivity index (χ0n) is 23.5. The molecule has 0 aliphatic carbocycles. The third-order valence-corrected chi connectivity index (χ3v) is 7.40. The molecular formula is C34H33ClN4O4. The van der Waals surface area contributed by atoms with Gasteiger partial charge in [0.25, 0.3) is 11.1 Å². The summed E-state index contributed by atoms with van der Waals surface area (Å²) in [5.74, 6) is -0.364.